The fourth-order valence-corrected chi connectivity index (χ4v) is 4.01. The maximum atomic E-state index is 6.28. The number of aryl methyl sites for hydroxylation is 2. The van der Waals surface area contributed by atoms with E-state index in [4.69, 9.17) is 23.4 Å². The van der Waals surface area contributed by atoms with Crippen molar-refractivity contribution in [1.29, 1.82) is 0 Å². The Morgan fingerprint density at radius 1 is 0.742 bits per heavy atom. The van der Waals surface area contributed by atoms with Crippen LogP contribution in [0.25, 0.3) is 21.9 Å². The van der Waals surface area contributed by atoms with Gasteiger partial charge in [0.05, 0.1) is 13.2 Å². The molecule has 0 radical (unpaired) electrons. The molecule has 2 aromatic carbocycles. The van der Waals surface area contributed by atoms with Gasteiger partial charge in [-0.05, 0) is 48.9 Å². The lowest BCUT2D eigenvalue weighted by Crippen LogP contribution is -2.06. The highest BCUT2D eigenvalue weighted by molar-refractivity contribution is 6.06. The molecule has 5 rings (SSSR count). The van der Waals surface area contributed by atoms with E-state index in [9.17, 15) is 0 Å². The molecule has 2 aliphatic rings. The summed E-state index contributed by atoms with van der Waals surface area (Å²) in [6.07, 6.45) is 7.07. The van der Waals surface area contributed by atoms with E-state index < -0.39 is 0 Å². The summed E-state index contributed by atoms with van der Waals surface area (Å²) >= 11 is 0. The summed E-state index contributed by atoms with van der Waals surface area (Å²) in [6.45, 7) is 7.25. The van der Waals surface area contributed by atoms with Gasteiger partial charge in [-0.3, -0.25) is 0 Å². The largest absolute Gasteiger partial charge is 0.490 e. The van der Waals surface area contributed by atoms with Crippen molar-refractivity contribution >= 4 is 21.9 Å². The first-order valence-electron chi connectivity index (χ1n) is 11.8. The Morgan fingerprint density at radius 3 is 1.58 bits per heavy atom. The van der Waals surface area contributed by atoms with Gasteiger partial charge in [-0.25, -0.2) is 0 Å². The fourth-order valence-electron chi connectivity index (χ4n) is 4.01. The lowest BCUT2D eigenvalue weighted by atomic mass is 10.0. The summed E-state index contributed by atoms with van der Waals surface area (Å²) in [4.78, 5) is 0. The molecular weight excluding hydrogens is 392 g/mol. The van der Waals surface area contributed by atoms with Gasteiger partial charge >= 0.3 is 0 Å². The van der Waals surface area contributed by atoms with Crippen molar-refractivity contribution in [2.24, 2.45) is 0 Å². The minimum absolute atomic E-state index is 0.238. The Labute approximate surface area is 183 Å². The summed E-state index contributed by atoms with van der Waals surface area (Å²) in [7, 11) is 0. The van der Waals surface area contributed by atoms with Crippen LogP contribution in [0.15, 0.2) is 28.7 Å². The minimum atomic E-state index is 0.238. The van der Waals surface area contributed by atoms with Crippen molar-refractivity contribution < 1.29 is 23.4 Å². The van der Waals surface area contributed by atoms with E-state index in [2.05, 4.69) is 38.1 Å². The molecule has 166 valence electrons. The molecule has 2 aliphatic heterocycles. The van der Waals surface area contributed by atoms with Crippen LogP contribution in [-0.2, 0) is 22.3 Å². The monoisotopic (exact) mass is 424 g/mol. The van der Waals surface area contributed by atoms with Crippen LogP contribution in [0, 0.1) is 0 Å². The number of unbranched alkanes of at least 4 members (excludes halogenated alkanes) is 2. The van der Waals surface area contributed by atoms with Crippen molar-refractivity contribution in [3.63, 3.8) is 0 Å². The predicted octanol–water partition coefficient (Wildman–Crippen LogP) is 5.83. The molecule has 0 bridgehead atoms. The third kappa shape index (κ3) is 4.83. The molecule has 1 aromatic heterocycles. The van der Waals surface area contributed by atoms with Gasteiger partial charge in [0, 0.05) is 22.9 Å². The zero-order valence-corrected chi connectivity index (χ0v) is 18.6. The zero-order chi connectivity index (χ0) is 21.2. The number of rotatable bonds is 12. The SMILES string of the molecule is CCCCc1cc2c(cc1OCC1CO1)oc1cc(OCC3CO3)c(CCCC)cc12. The molecule has 2 unspecified atom stereocenters. The Morgan fingerprint density at radius 2 is 1.19 bits per heavy atom. The van der Waals surface area contributed by atoms with Crippen molar-refractivity contribution in [1.82, 2.24) is 0 Å². The van der Waals surface area contributed by atoms with Crippen LogP contribution in [-0.4, -0.2) is 38.6 Å². The molecule has 0 spiro atoms. The van der Waals surface area contributed by atoms with Crippen molar-refractivity contribution in [2.75, 3.05) is 26.4 Å². The second-order valence-electron chi connectivity index (χ2n) is 8.75. The molecule has 2 saturated heterocycles. The molecule has 0 amide bonds. The number of ether oxygens (including phenoxy) is 4. The van der Waals surface area contributed by atoms with E-state index in [1.54, 1.807) is 0 Å². The average Bonchev–Trinajstić information content (AvgIpc) is 3.70. The highest BCUT2D eigenvalue weighted by Crippen LogP contribution is 2.38. The van der Waals surface area contributed by atoms with Crippen molar-refractivity contribution in [2.45, 2.75) is 64.6 Å². The molecule has 2 atom stereocenters. The lowest BCUT2D eigenvalue weighted by Gasteiger charge is -2.11. The molecule has 5 heteroatoms. The van der Waals surface area contributed by atoms with E-state index in [0.29, 0.717) is 13.2 Å². The van der Waals surface area contributed by atoms with Gasteiger partial charge in [-0.15, -0.1) is 0 Å². The second kappa shape index (κ2) is 9.09. The first-order valence-corrected chi connectivity index (χ1v) is 11.8. The normalized spacial score (nSPS) is 19.8. The molecule has 3 aromatic rings. The molecule has 2 fully saturated rings. The zero-order valence-electron chi connectivity index (χ0n) is 18.6. The van der Waals surface area contributed by atoms with E-state index in [0.717, 1.165) is 85.2 Å². The number of hydrogen-bond donors (Lipinski definition) is 0. The third-order valence-corrected chi connectivity index (χ3v) is 6.09. The summed E-state index contributed by atoms with van der Waals surface area (Å²) in [5, 5.41) is 2.32. The Balaban J connectivity index is 1.53. The molecule has 0 N–H and O–H groups in total. The van der Waals surface area contributed by atoms with Crippen LogP contribution in [0.4, 0.5) is 0 Å². The first kappa shape index (κ1) is 20.7. The molecule has 3 heterocycles. The lowest BCUT2D eigenvalue weighted by molar-refractivity contribution is 0.261. The van der Waals surface area contributed by atoms with E-state index in [1.165, 1.54) is 11.1 Å². The molecule has 0 saturated carbocycles. The van der Waals surface area contributed by atoms with Gasteiger partial charge in [0.25, 0.3) is 0 Å². The van der Waals surface area contributed by atoms with Gasteiger partial charge in [0.1, 0.15) is 48.1 Å². The Bertz CT molecular complexity index is 963. The maximum Gasteiger partial charge on any atom is 0.139 e. The van der Waals surface area contributed by atoms with Gasteiger partial charge in [0.15, 0.2) is 0 Å². The summed E-state index contributed by atoms with van der Waals surface area (Å²) in [5.74, 6) is 1.84. The van der Waals surface area contributed by atoms with E-state index >= 15 is 0 Å². The second-order valence-corrected chi connectivity index (χ2v) is 8.75. The van der Waals surface area contributed by atoms with Gasteiger partial charge < -0.3 is 23.4 Å². The predicted molar refractivity (Wildman–Crippen MR) is 121 cm³/mol. The topological polar surface area (TPSA) is 56.7 Å². The van der Waals surface area contributed by atoms with E-state index in [-0.39, 0.29) is 12.2 Å². The Kier molecular flexibility index (Phi) is 6.06. The standard InChI is InChI=1S/C26H32O5/c1-3-5-7-17-9-21-22-10-18(8-6-4-2)24(30-16-20-14-28-20)12-26(22)31-25(21)11-23(17)29-15-19-13-27-19/h9-12,19-20H,3-8,13-16H2,1-2H3. The van der Waals surface area contributed by atoms with Gasteiger partial charge in [0.2, 0.25) is 0 Å². The van der Waals surface area contributed by atoms with Crippen LogP contribution in [0.3, 0.4) is 0 Å². The molecule has 31 heavy (non-hydrogen) atoms. The van der Waals surface area contributed by atoms with Crippen LogP contribution in [0.1, 0.15) is 50.7 Å². The highest BCUT2D eigenvalue weighted by atomic mass is 16.6. The molecular formula is C26H32O5. The molecule has 0 aliphatic carbocycles. The minimum Gasteiger partial charge on any atom is -0.490 e. The average molecular weight is 425 g/mol. The first-order chi connectivity index (χ1) is 15.2. The van der Waals surface area contributed by atoms with Crippen LogP contribution in [0.5, 0.6) is 11.5 Å². The number of furan rings is 1. The third-order valence-electron chi connectivity index (χ3n) is 6.09. The van der Waals surface area contributed by atoms with Crippen molar-refractivity contribution in [3.8, 4) is 11.5 Å². The highest BCUT2D eigenvalue weighted by Gasteiger charge is 2.25. The fraction of sp³-hybridized carbons (Fsp3) is 0.538. The Hall–Kier alpha value is -2.24. The van der Waals surface area contributed by atoms with Crippen LogP contribution >= 0.6 is 0 Å². The van der Waals surface area contributed by atoms with E-state index in [1.807, 2.05) is 0 Å². The quantitative estimate of drug-likeness (QED) is 0.343. The maximum absolute atomic E-state index is 6.28. The summed E-state index contributed by atoms with van der Waals surface area (Å²) in [6, 6.07) is 8.66. The smallest absolute Gasteiger partial charge is 0.139 e. The van der Waals surface area contributed by atoms with Crippen molar-refractivity contribution in [3.05, 3.63) is 35.4 Å². The number of benzene rings is 2. The van der Waals surface area contributed by atoms with Gasteiger partial charge in [-0.2, -0.15) is 0 Å². The number of hydrogen-bond acceptors (Lipinski definition) is 5. The molecule has 5 nitrogen and oxygen atoms in total. The van der Waals surface area contributed by atoms with Gasteiger partial charge in [-0.1, -0.05) is 26.7 Å². The number of fused-ring (bicyclic) bond motifs is 3. The summed E-state index contributed by atoms with van der Waals surface area (Å²) in [5.41, 5.74) is 4.23. The number of epoxide rings is 2. The van der Waals surface area contributed by atoms with Crippen LogP contribution in [0.2, 0.25) is 0 Å². The van der Waals surface area contributed by atoms with Crippen LogP contribution < -0.4 is 9.47 Å². The summed E-state index contributed by atoms with van der Waals surface area (Å²) < 4.78 is 29.1.